The molecule has 0 unspecified atom stereocenters. The first-order chi connectivity index (χ1) is 7.88. The van der Waals surface area contributed by atoms with Crippen LogP contribution in [0.1, 0.15) is 16.1 Å². The predicted octanol–water partition coefficient (Wildman–Crippen LogP) is 3.19. The number of rotatable bonds is 4. The van der Waals surface area contributed by atoms with Gasteiger partial charge in [-0.15, -0.1) is 11.8 Å². The quantitative estimate of drug-likeness (QED) is 0.595. The maximum Gasteiger partial charge on any atom is 0.150 e. The Morgan fingerprint density at radius 3 is 2.88 bits per heavy atom. The third kappa shape index (κ3) is 2.94. The molecule has 1 heterocycles. The lowest BCUT2D eigenvalue weighted by atomic mass is 10.2. The van der Waals surface area contributed by atoms with Gasteiger partial charge in [-0.2, -0.15) is 0 Å². The van der Waals surface area contributed by atoms with Crippen molar-refractivity contribution in [3.8, 4) is 0 Å². The second-order valence-electron chi connectivity index (χ2n) is 3.30. The summed E-state index contributed by atoms with van der Waals surface area (Å²) in [5, 5.41) is 0. The van der Waals surface area contributed by atoms with Crippen LogP contribution in [0.25, 0.3) is 0 Å². The number of pyridine rings is 1. The number of nitrogens with zero attached hydrogens (tertiary/aromatic N) is 1. The fourth-order valence-corrected chi connectivity index (χ4v) is 2.20. The normalized spacial score (nSPS) is 10.0. The molecule has 0 aliphatic heterocycles. The molecule has 3 heteroatoms. The second kappa shape index (κ2) is 5.47. The number of aldehydes is 1. The van der Waals surface area contributed by atoms with Crippen molar-refractivity contribution >= 4 is 18.0 Å². The molecule has 2 nitrogen and oxygen atoms in total. The van der Waals surface area contributed by atoms with E-state index in [0.717, 1.165) is 22.6 Å². The van der Waals surface area contributed by atoms with Crippen LogP contribution in [0.4, 0.5) is 0 Å². The highest BCUT2D eigenvalue weighted by molar-refractivity contribution is 7.98. The van der Waals surface area contributed by atoms with E-state index < -0.39 is 0 Å². The molecule has 0 saturated carbocycles. The van der Waals surface area contributed by atoms with Crippen LogP contribution in [-0.4, -0.2) is 11.3 Å². The van der Waals surface area contributed by atoms with Crippen LogP contribution >= 0.6 is 11.8 Å². The zero-order chi connectivity index (χ0) is 11.2. The van der Waals surface area contributed by atoms with Crippen molar-refractivity contribution in [1.82, 2.24) is 4.98 Å². The molecule has 0 aliphatic rings. The molecule has 1 aromatic heterocycles. The van der Waals surface area contributed by atoms with Gasteiger partial charge in [0.1, 0.15) is 6.29 Å². The van der Waals surface area contributed by atoms with E-state index in [0.29, 0.717) is 5.56 Å². The molecular weight excluding hydrogens is 218 g/mol. The molecule has 0 fully saturated rings. The van der Waals surface area contributed by atoms with Gasteiger partial charge in [-0.3, -0.25) is 9.78 Å². The number of hydrogen-bond acceptors (Lipinski definition) is 3. The zero-order valence-corrected chi connectivity index (χ0v) is 9.48. The Morgan fingerprint density at radius 2 is 2.12 bits per heavy atom. The van der Waals surface area contributed by atoms with Crippen molar-refractivity contribution in [3.63, 3.8) is 0 Å². The van der Waals surface area contributed by atoms with Crippen LogP contribution in [0.5, 0.6) is 0 Å². The average Bonchev–Trinajstić information content (AvgIpc) is 2.38. The SMILES string of the molecule is O=Cc1cccc(SCc2ccccn2)c1. The number of aromatic nitrogens is 1. The standard InChI is InChI=1S/C13H11NOS/c15-9-11-4-3-6-13(8-11)16-10-12-5-1-2-7-14-12/h1-9H,10H2. The van der Waals surface area contributed by atoms with Crippen molar-refractivity contribution in [2.24, 2.45) is 0 Å². The van der Waals surface area contributed by atoms with Gasteiger partial charge in [0.05, 0.1) is 5.69 Å². The van der Waals surface area contributed by atoms with Crippen LogP contribution in [0.15, 0.2) is 53.6 Å². The molecule has 1 aromatic carbocycles. The topological polar surface area (TPSA) is 30.0 Å². The first-order valence-corrected chi connectivity index (χ1v) is 5.95. The number of carbonyl (C=O) groups is 1. The summed E-state index contributed by atoms with van der Waals surface area (Å²) in [5.41, 5.74) is 1.76. The molecule has 16 heavy (non-hydrogen) atoms. The Kier molecular flexibility index (Phi) is 3.72. The molecule has 0 bridgehead atoms. The number of hydrogen-bond donors (Lipinski definition) is 0. The number of thioether (sulfide) groups is 1. The molecule has 0 N–H and O–H groups in total. The minimum absolute atomic E-state index is 0.714. The van der Waals surface area contributed by atoms with E-state index in [1.807, 2.05) is 36.4 Å². The van der Waals surface area contributed by atoms with E-state index in [4.69, 9.17) is 0 Å². The maximum atomic E-state index is 10.6. The van der Waals surface area contributed by atoms with Gasteiger partial charge in [-0.1, -0.05) is 18.2 Å². The lowest BCUT2D eigenvalue weighted by Gasteiger charge is -2.01. The predicted molar refractivity (Wildman–Crippen MR) is 65.6 cm³/mol. The molecular formula is C13H11NOS. The summed E-state index contributed by atoms with van der Waals surface area (Å²) in [5.74, 6) is 0.823. The van der Waals surface area contributed by atoms with Crippen molar-refractivity contribution in [3.05, 3.63) is 59.9 Å². The first kappa shape index (κ1) is 10.9. The van der Waals surface area contributed by atoms with E-state index >= 15 is 0 Å². The lowest BCUT2D eigenvalue weighted by Crippen LogP contribution is -1.85. The van der Waals surface area contributed by atoms with Gasteiger partial charge >= 0.3 is 0 Å². The van der Waals surface area contributed by atoms with Gasteiger partial charge < -0.3 is 0 Å². The largest absolute Gasteiger partial charge is 0.298 e. The Hall–Kier alpha value is -1.61. The number of benzene rings is 1. The minimum atomic E-state index is 0.714. The van der Waals surface area contributed by atoms with Crippen molar-refractivity contribution < 1.29 is 4.79 Å². The molecule has 0 amide bonds. The molecule has 0 radical (unpaired) electrons. The minimum Gasteiger partial charge on any atom is -0.298 e. The Labute approximate surface area is 98.7 Å². The first-order valence-electron chi connectivity index (χ1n) is 4.96. The Morgan fingerprint density at radius 1 is 1.19 bits per heavy atom. The van der Waals surface area contributed by atoms with Crippen LogP contribution < -0.4 is 0 Å². The molecule has 0 spiro atoms. The third-order valence-corrected chi connectivity index (χ3v) is 3.13. The van der Waals surface area contributed by atoms with Gasteiger partial charge in [0, 0.05) is 22.4 Å². The van der Waals surface area contributed by atoms with Gasteiger partial charge in [0.2, 0.25) is 0 Å². The average molecular weight is 229 g/mol. The van der Waals surface area contributed by atoms with Crippen molar-refractivity contribution in [2.45, 2.75) is 10.6 Å². The van der Waals surface area contributed by atoms with Gasteiger partial charge in [-0.25, -0.2) is 0 Å². The highest BCUT2D eigenvalue weighted by atomic mass is 32.2. The summed E-state index contributed by atoms with van der Waals surface area (Å²) in [7, 11) is 0. The van der Waals surface area contributed by atoms with E-state index in [1.54, 1.807) is 24.0 Å². The Balaban J connectivity index is 2.02. The molecule has 0 aliphatic carbocycles. The van der Waals surface area contributed by atoms with Gasteiger partial charge in [0.15, 0.2) is 0 Å². The van der Waals surface area contributed by atoms with Crippen molar-refractivity contribution in [2.75, 3.05) is 0 Å². The Bertz CT molecular complexity index is 470. The molecule has 2 rings (SSSR count). The smallest absolute Gasteiger partial charge is 0.150 e. The van der Waals surface area contributed by atoms with Crippen LogP contribution in [0, 0.1) is 0 Å². The van der Waals surface area contributed by atoms with Crippen LogP contribution in [0.3, 0.4) is 0 Å². The molecule has 0 saturated heterocycles. The number of carbonyl (C=O) groups excluding carboxylic acids is 1. The molecule has 80 valence electrons. The monoisotopic (exact) mass is 229 g/mol. The van der Waals surface area contributed by atoms with Crippen LogP contribution in [-0.2, 0) is 5.75 Å². The van der Waals surface area contributed by atoms with Crippen LogP contribution in [0.2, 0.25) is 0 Å². The summed E-state index contributed by atoms with van der Waals surface area (Å²) in [6, 6.07) is 13.5. The second-order valence-corrected chi connectivity index (χ2v) is 4.35. The summed E-state index contributed by atoms with van der Waals surface area (Å²) >= 11 is 1.68. The maximum absolute atomic E-state index is 10.6. The third-order valence-electron chi connectivity index (χ3n) is 2.11. The van der Waals surface area contributed by atoms with E-state index in [2.05, 4.69) is 4.98 Å². The van der Waals surface area contributed by atoms with Gasteiger partial charge in [0.25, 0.3) is 0 Å². The summed E-state index contributed by atoms with van der Waals surface area (Å²) in [4.78, 5) is 16.0. The lowest BCUT2D eigenvalue weighted by molar-refractivity contribution is 0.112. The molecule has 2 aromatic rings. The zero-order valence-electron chi connectivity index (χ0n) is 8.67. The van der Waals surface area contributed by atoms with E-state index in [1.165, 1.54) is 0 Å². The fourth-order valence-electron chi connectivity index (χ4n) is 1.32. The highest BCUT2D eigenvalue weighted by Gasteiger charge is 1.98. The van der Waals surface area contributed by atoms with E-state index in [9.17, 15) is 4.79 Å². The van der Waals surface area contributed by atoms with Crippen molar-refractivity contribution in [1.29, 1.82) is 0 Å². The van der Waals surface area contributed by atoms with E-state index in [-0.39, 0.29) is 0 Å². The fraction of sp³-hybridized carbons (Fsp3) is 0.0769. The molecule has 0 atom stereocenters. The summed E-state index contributed by atoms with van der Waals surface area (Å²) in [6.45, 7) is 0. The van der Waals surface area contributed by atoms with Gasteiger partial charge in [-0.05, 0) is 24.3 Å². The highest BCUT2D eigenvalue weighted by Crippen LogP contribution is 2.22. The summed E-state index contributed by atoms with van der Waals surface area (Å²) < 4.78 is 0. The summed E-state index contributed by atoms with van der Waals surface area (Å²) in [6.07, 6.45) is 2.66.